The maximum Gasteiger partial charge on any atom is 0.322 e. The molecule has 1 aliphatic heterocycles. The van der Waals surface area contributed by atoms with Crippen LogP contribution in [0.4, 0.5) is 10.5 Å². The van der Waals surface area contributed by atoms with Crippen LogP contribution in [0, 0.1) is 0 Å². The molecule has 0 aliphatic carbocycles. The van der Waals surface area contributed by atoms with Crippen LogP contribution in [-0.2, 0) is 11.2 Å². The number of aryl methyl sites for hydroxylation is 1. The molecule has 1 fully saturated rings. The van der Waals surface area contributed by atoms with Gasteiger partial charge >= 0.3 is 6.03 Å². The van der Waals surface area contributed by atoms with E-state index < -0.39 is 11.6 Å². The molecule has 1 atom stereocenters. The minimum atomic E-state index is -1.00. The van der Waals surface area contributed by atoms with Gasteiger partial charge in [0.15, 0.2) is 0 Å². The van der Waals surface area contributed by atoms with Crippen molar-refractivity contribution in [2.45, 2.75) is 43.5 Å². The Labute approximate surface area is 174 Å². The van der Waals surface area contributed by atoms with Gasteiger partial charge in [0.05, 0.1) is 5.56 Å². The fraction of sp³-hybridized carbons (Fsp3) is 0.318. The lowest BCUT2D eigenvalue weighted by atomic mass is 10.1. The first-order valence-corrected chi connectivity index (χ1v) is 10.7. The number of thioether (sulfide) groups is 1. The minimum absolute atomic E-state index is 0.209. The van der Waals surface area contributed by atoms with Crippen LogP contribution >= 0.6 is 11.8 Å². The van der Waals surface area contributed by atoms with Gasteiger partial charge < -0.3 is 10.6 Å². The number of hydrogen-bond donors (Lipinski definition) is 3. The molecule has 152 valence electrons. The number of carbonyl (C=O) groups is 3. The van der Waals surface area contributed by atoms with E-state index in [1.165, 1.54) is 17.3 Å². The third-order valence-corrected chi connectivity index (χ3v) is 6.19. The number of anilines is 1. The fourth-order valence-electron chi connectivity index (χ4n) is 3.02. The van der Waals surface area contributed by atoms with Gasteiger partial charge in [-0.1, -0.05) is 37.6 Å². The average Bonchev–Trinajstić information content (AvgIpc) is 2.97. The van der Waals surface area contributed by atoms with E-state index in [2.05, 4.69) is 22.9 Å². The molecule has 2 aromatic rings. The molecule has 3 N–H and O–H groups in total. The number of benzene rings is 2. The maximum atomic E-state index is 12.8. The summed E-state index contributed by atoms with van der Waals surface area (Å²) in [4.78, 5) is 37.0. The number of nitrogens with one attached hydrogen (secondary N) is 3. The highest BCUT2D eigenvalue weighted by Gasteiger charge is 2.41. The Balaban J connectivity index is 1.67. The molecule has 4 amide bonds. The fourth-order valence-corrected chi connectivity index (χ4v) is 4.16. The van der Waals surface area contributed by atoms with Gasteiger partial charge in [0, 0.05) is 16.3 Å². The molecule has 6 nitrogen and oxygen atoms in total. The van der Waals surface area contributed by atoms with Crippen molar-refractivity contribution in [2.24, 2.45) is 0 Å². The molecule has 1 heterocycles. The number of unbranched alkanes of at least 4 members (excludes halogenated alkanes) is 1. The van der Waals surface area contributed by atoms with E-state index in [0.29, 0.717) is 11.3 Å². The van der Waals surface area contributed by atoms with Crippen LogP contribution in [-0.4, -0.2) is 29.1 Å². The number of rotatable bonds is 8. The Morgan fingerprint density at radius 3 is 2.48 bits per heavy atom. The standard InChI is InChI=1S/C22H25N3O3S/c1-3-4-7-15-10-12-16(13-11-15)23-19(26)17-8-5-6-9-18(17)29-14-22(2)20(27)24-21(28)25-22/h5-6,8-13H,3-4,7,14H2,1-2H3,(H,23,26)(H2,24,25,27,28). The van der Waals surface area contributed by atoms with Crippen molar-refractivity contribution in [1.29, 1.82) is 0 Å². The van der Waals surface area contributed by atoms with E-state index in [-0.39, 0.29) is 11.8 Å². The first-order valence-electron chi connectivity index (χ1n) is 9.67. The second kappa shape index (κ2) is 9.13. The Morgan fingerprint density at radius 1 is 1.10 bits per heavy atom. The molecular weight excluding hydrogens is 386 g/mol. The number of hydrogen-bond acceptors (Lipinski definition) is 4. The minimum Gasteiger partial charge on any atom is -0.323 e. The van der Waals surface area contributed by atoms with Crippen LogP contribution in [0.3, 0.4) is 0 Å². The summed E-state index contributed by atoms with van der Waals surface area (Å²) in [5.41, 5.74) is 1.52. The maximum absolute atomic E-state index is 12.8. The van der Waals surface area contributed by atoms with Crippen molar-refractivity contribution in [1.82, 2.24) is 10.6 Å². The quantitative estimate of drug-likeness (QED) is 0.453. The second-order valence-corrected chi connectivity index (χ2v) is 8.30. The molecule has 0 saturated carbocycles. The van der Waals surface area contributed by atoms with Gasteiger partial charge in [0.2, 0.25) is 0 Å². The predicted molar refractivity (Wildman–Crippen MR) is 115 cm³/mol. The van der Waals surface area contributed by atoms with Crippen LogP contribution in [0.1, 0.15) is 42.6 Å². The predicted octanol–water partition coefficient (Wildman–Crippen LogP) is 3.97. The van der Waals surface area contributed by atoms with Crippen molar-refractivity contribution in [3.8, 4) is 0 Å². The van der Waals surface area contributed by atoms with Crippen molar-refractivity contribution in [3.63, 3.8) is 0 Å². The summed E-state index contributed by atoms with van der Waals surface area (Å²) in [6.45, 7) is 3.83. The second-order valence-electron chi connectivity index (χ2n) is 7.28. The van der Waals surface area contributed by atoms with Crippen molar-refractivity contribution < 1.29 is 14.4 Å². The topological polar surface area (TPSA) is 87.3 Å². The van der Waals surface area contributed by atoms with Gasteiger partial charge in [-0.05, 0) is 49.6 Å². The number of urea groups is 1. The monoisotopic (exact) mass is 411 g/mol. The summed E-state index contributed by atoms with van der Waals surface area (Å²) < 4.78 is 0. The molecule has 0 bridgehead atoms. The lowest BCUT2D eigenvalue weighted by molar-refractivity contribution is -0.122. The molecule has 7 heteroatoms. The largest absolute Gasteiger partial charge is 0.323 e. The summed E-state index contributed by atoms with van der Waals surface area (Å²) >= 11 is 1.36. The van der Waals surface area contributed by atoms with E-state index >= 15 is 0 Å². The van der Waals surface area contributed by atoms with E-state index in [1.807, 2.05) is 36.4 Å². The van der Waals surface area contributed by atoms with Crippen molar-refractivity contribution in [3.05, 3.63) is 59.7 Å². The summed E-state index contributed by atoms with van der Waals surface area (Å²) in [6.07, 6.45) is 3.33. The third kappa shape index (κ3) is 5.17. The highest BCUT2D eigenvalue weighted by Crippen LogP contribution is 2.28. The van der Waals surface area contributed by atoms with Crippen LogP contribution in [0.5, 0.6) is 0 Å². The zero-order chi connectivity index (χ0) is 20.9. The summed E-state index contributed by atoms with van der Waals surface area (Å²) in [6, 6.07) is 14.6. The third-order valence-electron chi connectivity index (χ3n) is 4.80. The molecule has 1 unspecified atom stereocenters. The van der Waals surface area contributed by atoms with Gasteiger partial charge in [0.1, 0.15) is 5.54 Å². The van der Waals surface area contributed by atoms with Crippen molar-refractivity contribution >= 4 is 35.3 Å². The molecule has 1 saturated heterocycles. The average molecular weight is 412 g/mol. The van der Waals surface area contributed by atoms with Gasteiger partial charge in [-0.3, -0.25) is 14.9 Å². The molecule has 1 aliphatic rings. The van der Waals surface area contributed by atoms with Crippen LogP contribution in [0.25, 0.3) is 0 Å². The van der Waals surface area contributed by atoms with E-state index in [1.54, 1.807) is 19.1 Å². The first kappa shape index (κ1) is 20.9. The first-order chi connectivity index (χ1) is 13.9. The molecule has 3 rings (SSSR count). The molecular formula is C22H25N3O3S. The van der Waals surface area contributed by atoms with Crippen LogP contribution in [0.15, 0.2) is 53.4 Å². The van der Waals surface area contributed by atoms with Crippen molar-refractivity contribution in [2.75, 3.05) is 11.1 Å². The normalized spacial score (nSPS) is 18.3. The van der Waals surface area contributed by atoms with Gasteiger partial charge in [-0.25, -0.2) is 4.79 Å². The van der Waals surface area contributed by atoms with Crippen LogP contribution < -0.4 is 16.0 Å². The Bertz CT molecular complexity index is 914. The summed E-state index contributed by atoms with van der Waals surface area (Å²) in [5, 5.41) is 7.82. The molecule has 0 aromatic heterocycles. The lowest BCUT2D eigenvalue weighted by Gasteiger charge is -2.20. The molecule has 0 spiro atoms. The Hall–Kier alpha value is -2.80. The highest BCUT2D eigenvalue weighted by atomic mass is 32.2. The lowest BCUT2D eigenvalue weighted by Crippen LogP contribution is -2.46. The number of amides is 4. The van der Waals surface area contributed by atoms with E-state index in [0.717, 1.165) is 29.8 Å². The molecule has 0 radical (unpaired) electrons. The molecule has 2 aromatic carbocycles. The van der Waals surface area contributed by atoms with Gasteiger partial charge in [0.25, 0.3) is 11.8 Å². The summed E-state index contributed by atoms with van der Waals surface area (Å²) in [5.74, 6) is -0.249. The van der Waals surface area contributed by atoms with Gasteiger partial charge in [-0.2, -0.15) is 0 Å². The number of carbonyl (C=O) groups excluding carboxylic acids is 3. The Kier molecular flexibility index (Phi) is 6.59. The zero-order valence-corrected chi connectivity index (χ0v) is 17.4. The van der Waals surface area contributed by atoms with E-state index in [4.69, 9.17) is 0 Å². The highest BCUT2D eigenvalue weighted by molar-refractivity contribution is 7.99. The molecule has 29 heavy (non-hydrogen) atoms. The Morgan fingerprint density at radius 2 is 1.83 bits per heavy atom. The SMILES string of the molecule is CCCCc1ccc(NC(=O)c2ccccc2SCC2(C)NC(=O)NC2=O)cc1. The number of imide groups is 1. The van der Waals surface area contributed by atoms with E-state index in [9.17, 15) is 14.4 Å². The van der Waals surface area contributed by atoms with Gasteiger partial charge in [-0.15, -0.1) is 11.8 Å². The summed E-state index contributed by atoms with van der Waals surface area (Å²) in [7, 11) is 0. The van der Waals surface area contributed by atoms with Crippen LogP contribution in [0.2, 0.25) is 0 Å². The zero-order valence-electron chi connectivity index (χ0n) is 16.6. The smallest absolute Gasteiger partial charge is 0.322 e.